The number of ether oxygens (including phenoxy) is 1. The van der Waals surface area contributed by atoms with Crippen LogP contribution in [0.25, 0.3) is 0 Å². The average molecular weight is 331 g/mol. The van der Waals surface area contributed by atoms with Crippen molar-refractivity contribution < 1.29 is 4.74 Å². The molecule has 0 aromatic heterocycles. The third kappa shape index (κ3) is 2.41. The lowest BCUT2D eigenvalue weighted by Gasteiger charge is -2.45. The minimum atomic E-state index is -0.0526. The molecule has 0 spiro atoms. The molecule has 0 heterocycles. The highest BCUT2D eigenvalue weighted by molar-refractivity contribution is 14.1. The second-order valence-electron chi connectivity index (χ2n) is 4.56. The average Bonchev–Trinajstić information content (AvgIpc) is 2.21. The zero-order valence-corrected chi connectivity index (χ0v) is 11.7. The van der Waals surface area contributed by atoms with Gasteiger partial charge in [0.15, 0.2) is 0 Å². The van der Waals surface area contributed by atoms with E-state index >= 15 is 0 Å². The third-order valence-corrected chi connectivity index (χ3v) is 4.37. The second-order valence-corrected chi connectivity index (χ2v) is 5.81. The predicted octanol–water partition coefficient (Wildman–Crippen LogP) is 2.73. The van der Waals surface area contributed by atoms with Crippen LogP contribution < -0.4 is 5.73 Å². The molecule has 3 heteroatoms. The first kappa shape index (κ1) is 12.3. The summed E-state index contributed by atoms with van der Waals surface area (Å²) in [5.41, 5.74) is 7.52. The van der Waals surface area contributed by atoms with Gasteiger partial charge in [-0.15, -0.1) is 0 Å². The molecular weight excluding hydrogens is 313 g/mol. The normalized spacial score (nSPS) is 20.2. The molecule has 16 heavy (non-hydrogen) atoms. The van der Waals surface area contributed by atoms with Crippen molar-refractivity contribution in [3.8, 4) is 0 Å². The van der Waals surface area contributed by atoms with Crippen molar-refractivity contribution in [1.82, 2.24) is 0 Å². The van der Waals surface area contributed by atoms with Crippen molar-refractivity contribution in [2.24, 2.45) is 5.73 Å². The fourth-order valence-corrected chi connectivity index (χ4v) is 2.67. The van der Waals surface area contributed by atoms with E-state index < -0.39 is 0 Å². The van der Waals surface area contributed by atoms with Crippen LogP contribution in [0, 0.1) is 3.57 Å². The van der Waals surface area contributed by atoms with Crippen LogP contribution in [0.1, 0.15) is 24.8 Å². The standard InChI is InChI=1S/C13H18INO/c1-16-13(7-2-8-13)12(15)9-10-3-5-11(14)6-4-10/h3-6,12H,2,7-9,15H2,1H3. The molecule has 0 aliphatic heterocycles. The van der Waals surface area contributed by atoms with E-state index in [4.69, 9.17) is 10.5 Å². The first-order valence-electron chi connectivity index (χ1n) is 5.71. The van der Waals surface area contributed by atoms with E-state index in [1.807, 2.05) is 0 Å². The minimum Gasteiger partial charge on any atom is -0.377 e. The number of hydrogen-bond donors (Lipinski definition) is 1. The maximum Gasteiger partial charge on any atom is 0.0832 e. The summed E-state index contributed by atoms with van der Waals surface area (Å²) in [6, 6.07) is 8.69. The van der Waals surface area contributed by atoms with Crippen LogP contribution in [-0.2, 0) is 11.2 Å². The highest BCUT2D eigenvalue weighted by Gasteiger charge is 2.42. The quantitative estimate of drug-likeness (QED) is 0.861. The fraction of sp³-hybridized carbons (Fsp3) is 0.538. The van der Waals surface area contributed by atoms with Gasteiger partial charge in [0.1, 0.15) is 0 Å². The number of rotatable bonds is 4. The van der Waals surface area contributed by atoms with Gasteiger partial charge in [0.2, 0.25) is 0 Å². The Morgan fingerprint density at radius 2 is 2.00 bits per heavy atom. The van der Waals surface area contributed by atoms with Crippen LogP contribution in [0.15, 0.2) is 24.3 Å². The van der Waals surface area contributed by atoms with Gasteiger partial charge in [-0.1, -0.05) is 12.1 Å². The Bertz CT molecular complexity index is 340. The van der Waals surface area contributed by atoms with Gasteiger partial charge in [0, 0.05) is 16.7 Å². The van der Waals surface area contributed by atoms with E-state index in [-0.39, 0.29) is 11.6 Å². The van der Waals surface area contributed by atoms with E-state index in [1.165, 1.54) is 15.6 Å². The van der Waals surface area contributed by atoms with Crippen molar-refractivity contribution in [1.29, 1.82) is 0 Å². The van der Waals surface area contributed by atoms with E-state index in [0.29, 0.717) is 0 Å². The zero-order valence-electron chi connectivity index (χ0n) is 9.58. The highest BCUT2D eigenvalue weighted by Crippen LogP contribution is 2.38. The summed E-state index contributed by atoms with van der Waals surface area (Å²) in [6.45, 7) is 0. The lowest BCUT2D eigenvalue weighted by Crippen LogP contribution is -2.55. The van der Waals surface area contributed by atoms with Crippen LogP contribution in [0.3, 0.4) is 0 Å². The molecule has 1 atom stereocenters. The lowest BCUT2D eigenvalue weighted by molar-refractivity contribution is -0.0897. The smallest absolute Gasteiger partial charge is 0.0832 e. The van der Waals surface area contributed by atoms with Crippen LogP contribution >= 0.6 is 22.6 Å². The maximum absolute atomic E-state index is 6.27. The predicted molar refractivity (Wildman–Crippen MR) is 74.4 cm³/mol. The number of hydrogen-bond acceptors (Lipinski definition) is 2. The van der Waals surface area contributed by atoms with Gasteiger partial charge in [-0.2, -0.15) is 0 Å². The first-order chi connectivity index (χ1) is 7.66. The van der Waals surface area contributed by atoms with Crippen LogP contribution in [0.4, 0.5) is 0 Å². The Morgan fingerprint density at radius 1 is 1.38 bits per heavy atom. The van der Waals surface area contributed by atoms with Crippen molar-refractivity contribution in [3.63, 3.8) is 0 Å². The van der Waals surface area contributed by atoms with E-state index in [2.05, 4.69) is 46.9 Å². The lowest BCUT2D eigenvalue weighted by atomic mass is 9.73. The topological polar surface area (TPSA) is 35.2 Å². The molecule has 2 N–H and O–H groups in total. The molecule has 0 saturated heterocycles. The Hall–Kier alpha value is -0.130. The van der Waals surface area contributed by atoms with Crippen molar-refractivity contribution >= 4 is 22.6 Å². The summed E-state index contributed by atoms with van der Waals surface area (Å²) in [4.78, 5) is 0. The summed E-state index contributed by atoms with van der Waals surface area (Å²) >= 11 is 2.32. The number of halogens is 1. The Kier molecular flexibility index (Phi) is 3.87. The molecule has 1 aliphatic rings. The number of nitrogens with two attached hydrogens (primary N) is 1. The van der Waals surface area contributed by atoms with Crippen LogP contribution in [0.2, 0.25) is 0 Å². The SMILES string of the molecule is COC1(C(N)Cc2ccc(I)cc2)CCC1. The highest BCUT2D eigenvalue weighted by atomic mass is 127. The van der Waals surface area contributed by atoms with Gasteiger partial charge in [0.05, 0.1) is 5.60 Å². The third-order valence-electron chi connectivity index (χ3n) is 3.65. The molecule has 1 aromatic carbocycles. The molecule has 1 fully saturated rings. The fourth-order valence-electron chi connectivity index (χ4n) is 2.31. The largest absolute Gasteiger partial charge is 0.377 e. The van der Waals surface area contributed by atoms with Gasteiger partial charge in [0.25, 0.3) is 0 Å². The zero-order chi connectivity index (χ0) is 11.6. The van der Waals surface area contributed by atoms with Crippen molar-refractivity contribution in [2.75, 3.05) is 7.11 Å². The van der Waals surface area contributed by atoms with Gasteiger partial charge in [-0.05, 0) is 66.0 Å². The summed E-state index contributed by atoms with van der Waals surface area (Å²) in [6.07, 6.45) is 4.36. The monoisotopic (exact) mass is 331 g/mol. The molecule has 1 saturated carbocycles. The number of benzene rings is 1. The van der Waals surface area contributed by atoms with Crippen molar-refractivity contribution in [2.45, 2.75) is 37.3 Å². The molecule has 2 rings (SSSR count). The molecule has 0 radical (unpaired) electrons. The molecule has 1 aromatic rings. The molecule has 88 valence electrons. The maximum atomic E-state index is 6.27. The molecular formula is C13H18INO. The van der Waals surface area contributed by atoms with Gasteiger partial charge in [-0.25, -0.2) is 0 Å². The molecule has 1 unspecified atom stereocenters. The minimum absolute atomic E-state index is 0.0526. The molecule has 0 bridgehead atoms. The van der Waals surface area contributed by atoms with Crippen LogP contribution in [0.5, 0.6) is 0 Å². The second kappa shape index (κ2) is 5.02. The summed E-state index contributed by atoms with van der Waals surface area (Å²) in [5, 5.41) is 0. The van der Waals surface area contributed by atoms with Crippen molar-refractivity contribution in [3.05, 3.63) is 33.4 Å². The Labute approximate surface area is 111 Å². The van der Waals surface area contributed by atoms with Gasteiger partial charge >= 0.3 is 0 Å². The summed E-state index contributed by atoms with van der Waals surface area (Å²) in [7, 11) is 1.78. The molecule has 1 aliphatic carbocycles. The Morgan fingerprint density at radius 3 is 2.44 bits per heavy atom. The molecule has 2 nitrogen and oxygen atoms in total. The van der Waals surface area contributed by atoms with Gasteiger partial charge in [-0.3, -0.25) is 0 Å². The Balaban J connectivity index is 2.01. The molecule has 0 amide bonds. The van der Waals surface area contributed by atoms with E-state index in [0.717, 1.165) is 19.3 Å². The van der Waals surface area contributed by atoms with E-state index in [1.54, 1.807) is 7.11 Å². The van der Waals surface area contributed by atoms with E-state index in [9.17, 15) is 0 Å². The summed E-state index contributed by atoms with van der Waals surface area (Å²) in [5.74, 6) is 0. The van der Waals surface area contributed by atoms with Crippen LogP contribution in [-0.4, -0.2) is 18.8 Å². The summed E-state index contributed by atoms with van der Waals surface area (Å²) < 4.78 is 6.87. The number of methoxy groups -OCH3 is 1. The van der Waals surface area contributed by atoms with Gasteiger partial charge < -0.3 is 10.5 Å². The first-order valence-corrected chi connectivity index (χ1v) is 6.79.